The second-order valence-electron chi connectivity index (χ2n) is 9.04. The van der Waals surface area contributed by atoms with Crippen molar-refractivity contribution in [1.29, 1.82) is 0 Å². The standard InChI is InChI=1S/C21H23F15O12S.Na/c22-16(23,19(28,29)30)8-43-1-4-46-12(37)7-11(14(38)47-5-2-44-9-17(24,25)20(31,32)33)13(49(40,41)42)15(39)48-6-3-45-10-18(26,27)21(34,35)36;/h11,13H,1-10H2,(H,40,41,42);/q;+1/p-1. The van der Waals surface area contributed by atoms with Gasteiger partial charge in [0.2, 0.25) is 0 Å². The van der Waals surface area contributed by atoms with Crippen molar-refractivity contribution in [1.82, 2.24) is 0 Å². The van der Waals surface area contributed by atoms with Gasteiger partial charge in [0.05, 0.1) is 32.2 Å². The van der Waals surface area contributed by atoms with Crippen LogP contribution >= 0.6 is 0 Å². The van der Waals surface area contributed by atoms with E-state index in [4.69, 9.17) is 0 Å². The maximum atomic E-state index is 12.9. The van der Waals surface area contributed by atoms with E-state index < -0.39 is 141 Å². The van der Waals surface area contributed by atoms with Crippen molar-refractivity contribution < 1.29 is 151 Å². The predicted molar refractivity (Wildman–Crippen MR) is 120 cm³/mol. The van der Waals surface area contributed by atoms with Gasteiger partial charge in [-0.3, -0.25) is 14.4 Å². The Hall–Kier alpha value is -1.85. The van der Waals surface area contributed by atoms with Crippen LogP contribution in [0.2, 0.25) is 0 Å². The van der Waals surface area contributed by atoms with Crippen molar-refractivity contribution >= 4 is 28.0 Å². The number of halogens is 15. The van der Waals surface area contributed by atoms with Gasteiger partial charge in [-0.15, -0.1) is 0 Å². The van der Waals surface area contributed by atoms with Gasteiger partial charge in [0.15, 0.2) is 5.25 Å². The fourth-order valence-corrected chi connectivity index (χ4v) is 3.60. The van der Waals surface area contributed by atoms with Gasteiger partial charge in [0.25, 0.3) is 0 Å². The molecule has 0 rings (SSSR count). The van der Waals surface area contributed by atoms with Gasteiger partial charge >= 0.3 is 83.8 Å². The summed E-state index contributed by atoms with van der Waals surface area (Å²) in [5, 5.41) is -3.37. The average molecular weight is 806 g/mol. The summed E-state index contributed by atoms with van der Waals surface area (Å²) in [6.07, 6.45) is -20.0. The van der Waals surface area contributed by atoms with Crippen LogP contribution in [-0.4, -0.2) is 132 Å². The Morgan fingerprint density at radius 2 is 0.820 bits per heavy atom. The average Bonchev–Trinajstić information content (AvgIpc) is 2.89. The van der Waals surface area contributed by atoms with E-state index in [1.54, 1.807) is 0 Å². The first kappa shape index (κ1) is 50.3. The van der Waals surface area contributed by atoms with Gasteiger partial charge in [-0.1, -0.05) is 0 Å². The molecule has 0 N–H and O–H groups in total. The zero-order chi connectivity index (χ0) is 38.7. The number of esters is 3. The minimum atomic E-state index is -6.18. The number of ether oxygens (including phenoxy) is 6. The maximum Gasteiger partial charge on any atom is 1.00 e. The van der Waals surface area contributed by atoms with Crippen molar-refractivity contribution in [3.63, 3.8) is 0 Å². The zero-order valence-electron chi connectivity index (χ0n) is 24.7. The van der Waals surface area contributed by atoms with Gasteiger partial charge in [-0.25, -0.2) is 8.42 Å². The smallest absolute Gasteiger partial charge is 0.747 e. The molecule has 0 aliphatic carbocycles. The molecule has 0 aromatic heterocycles. The molecule has 12 nitrogen and oxygen atoms in total. The summed E-state index contributed by atoms with van der Waals surface area (Å²) in [5.41, 5.74) is 0. The molecule has 0 bridgehead atoms. The molecule has 0 aliphatic heterocycles. The number of carbonyl (C=O) groups is 3. The molecule has 0 aromatic carbocycles. The molecule has 0 amide bonds. The van der Waals surface area contributed by atoms with Crippen LogP contribution in [0.1, 0.15) is 6.42 Å². The Balaban J connectivity index is 0. The zero-order valence-corrected chi connectivity index (χ0v) is 27.5. The molecule has 0 saturated carbocycles. The van der Waals surface area contributed by atoms with Crippen molar-refractivity contribution in [2.24, 2.45) is 5.92 Å². The van der Waals surface area contributed by atoms with E-state index in [0.717, 1.165) is 0 Å². The van der Waals surface area contributed by atoms with Crippen molar-refractivity contribution in [2.45, 2.75) is 48.0 Å². The summed E-state index contributed by atoms with van der Waals surface area (Å²) in [6, 6.07) is 0. The van der Waals surface area contributed by atoms with E-state index in [0.29, 0.717) is 0 Å². The van der Waals surface area contributed by atoms with Crippen LogP contribution < -0.4 is 29.6 Å². The third-order valence-electron chi connectivity index (χ3n) is 5.13. The summed E-state index contributed by atoms with van der Waals surface area (Å²) in [4.78, 5) is 37.0. The van der Waals surface area contributed by atoms with Gasteiger partial charge in [0, 0.05) is 0 Å². The van der Waals surface area contributed by atoms with E-state index in [9.17, 15) is 93.2 Å². The van der Waals surface area contributed by atoms with Crippen molar-refractivity contribution in [2.75, 3.05) is 59.5 Å². The minimum absolute atomic E-state index is 0. The predicted octanol–water partition coefficient (Wildman–Crippen LogP) is 0.183. The Kier molecular flexibility index (Phi) is 19.9. The molecule has 0 spiro atoms. The van der Waals surface area contributed by atoms with Crippen LogP contribution in [-0.2, 0) is 52.9 Å². The molecule has 0 aliphatic rings. The van der Waals surface area contributed by atoms with E-state index in [1.165, 1.54) is 0 Å². The summed E-state index contributed by atoms with van der Waals surface area (Å²) >= 11 is 0. The van der Waals surface area contributed by atoms with Crippen LogP contribution in [0.4, 0.5) is 65.9 Å². The van der Waals surface area contributed by atoms with Crippen LogP contribution in [0.25, 0.3) is 0 Å². The van der Waals surface area contributed by atoms with Crippen LogP contribution in [0.3, 0.4) is 0 Å². The van der Waals surface area contributed by atoms with E-state index in [-0.39, 0.29) is 29.6 Å². The van der Waals surface area contributed by atoms with Crippen LogP contribution in [0, 0.1) is 5.92 Å². The first-order chi connectivity index (χ1) is 21.9. The summed E-state index contributed by atoms with van der Waals surface area (Å²) in [5.74, 6) is -25.3. The molecule has 50 heavy (non-hydrogen) atoms. The van der Waals surface area contributed by atoms with E-state index >= 15 is 0 Å². The molecule has 290 valence electrons. The second kappa shape index (κ2) is 19.8. The quantitative estimate of drug-likeness (QED) is 0.0387. The molecule has 0 saturated heterocycles. The first-order valence-corrected chi connectivity index (χ1v) is 13.8. The fourth-order valence-electron chi connectivity index (χ4n) is 2.69. The third kappa shape index (κ3) is 17.1. The second-order valence-corrected chi connectivity index (χ2v) is 10.5. The van der Waals surface area contributed by atoms with Crippen molar-refractivity contribution in [3.8, 4) is 0 Å². The number of hydrogen-bond acceptors (Lipinski definition) is 12. The molecular weight excluding hydrogens is 784 g/mol. The van der Waals surface area contributed by atoms with Gasteiger partial charge < -0.3 is 33.0 Å². The van der Waals surface area contributed by atoms with Crippen LogP contribution in [0.5, 0.6) is 0 Å². The topological polar surface area (TPSA) is 164 Å². The Morgan fingerprint density at radius 1 is 0.520 bits per heavy atom. The maximum absolute atomic E-state index is 12.9. The van der Waals surface area contributed by atoms with E-state index in [2.05, 4.69) is 28.4 Å². The third-order valence-corrected chi connectivity index (χ3v) is 6.27. The number of alkyl halides is 15. The van der Waals surface area contributed by atoms with Crippen molar-refractivity contribution in [3.05, 3.63) is 0 Å². The monoisotopic (exact) mass is 806 g/mol. The molecule has 0 fully saturated rings. The summed E-state index contributed by atoms with van der Waals surface area (Å²) in [6.45, 7) is -14.7. The van der Waals surface area contributed by atoms with Gasteiger partial charge in [0.1, 0.15) is 49.8 Å². The first-order valence-electron chi connectivity index (χ1n) is 12.4. The SMILES string of the molecule is O=C(CC(C(=O)OCCOCC(F)(F)C(F)(F)F)C(C(=O)OCCOCC(F)(F)C(F)(F)F)S(=O)(=O)[O-])OCCOCC(F)(F)C(F)(F)F.[Na+]. The van der Waals surface area contributed by atoms with E-state index in [1.807, 2.05) is 0 Å². The Morgan fingerprint density at radius 3 is 1.12 bits per heavy atom. The molecule has 0 radical (unpaired) electrons. The largest absolute Gasteiger partial charge is 1.00 e. The molecular formula is C21H22F15NaO12S. The minimum Gasteiger partial charge on any atom is -0.747 e. The molecule has 2 atom stereocenters. The molecule has 0 heterocycles. The van der Waals surface area contributed by atoms with Crippen LogP contribution in [0.15, 0.2) is 0 Å². The summed E-state index contributed by atoms with van der Waals surface area (Å²) in [7, 11) is -6.18. The number of rotatable bonds is 21. The Bertz CT molecular complexity index is 1190. The molecule has 29 heteroatoms. The van der Waals surface area contributed by atoms with Gasteiger partial charge in [-0.2, -0.15) is 65.9 Å². The number of carbonyl (C=O) groups excluding carboxylic acids is 3. The Labute approximate surface area is 292 Å². The normalized spacial score (nSPS) is 14.7. The van der Waals surface area contributed by atoms with Gasteiger partial charge in [-0.05, 0) is 0 Å². The summed E-state index contributed by atoms with van der Waals surface area (Å²) < 4.78 is 247. The number of hydrogen-bond donors (Lipinski definition) is 0. The molecule has 0 aromatic rings. The fraction of sp³-hybridized carbons (Fsp3) is 0.857. The molecule has 2 unspecified atom stereocenters.